The Hall–Kier alpha value is -3.08. The maximum Gasteiger partial charge on any atom is 0.203 e. The first-order valence-electron chi connectivity index (χ1n) is 8.16. The lowest BCUT2D eigenvalue weighted by Crippen LogP contribution is -2.03. The number of carbonyl (C=O) groups is 1. The lowest BCUT2D eigenvalue weighted by Gasteiger charge is -2.04. The van der Waals surface area contributed by atoms with Gasteiger partial charge in [0.25, 0.3) is 0 Å². The van der Waals surface area contributed by atoms with Crippen molar-refractivity contribution in [1.29, 1.82) is 0 Å². The fraction of sp³-hybridized carbons (Fsp3) is 0.200. The SMILES string of the molecule is CCc1ccc(OCc2ccc(/C=C/C(=O)c3ccnn3C)o2)cc1. The molecule has 25 heavy (non-hydrogen) atoms. The minimum absolute atomic E-state index is 0.120. The van der Waals surface area contributed by atoms with E-state index < -0.39 is 0 Å². The van der Waals surface area contributed by atoms with Gasteiger partial charge in [0.05, 0.1) is 0 Å². The largest absolute Gasteiger partial charge is 0.486 e. The van der Waals surface area contributed by atoms with Crippen molar-refractivity contribution in [3.8, 4) is 5.75 Å². The summed E-state index contributed by atoms with van der Waals surface area (Å²) in [5.74, 6) is 1.99. The molecule has 0 spiro atoms. The van der Waals surface area contributed by atoms with Crippen LogP contribution in [0.3, 0.4) is 0 Å². The number of allylic oxidation sites excluding steroid dienone is 1. The monoisotopic (exact) mass is 336 g/mol. The highest BCUT2D eigenvalue weighted by Crippen LogP contribution is 2.16. The molecule has 128 valence electrons. The average molecular weight is 336 g/mol. The summed E-state index contributed by atoms with van der Waals surface area (Å²) in [5, 5.41) is 3.98. The molecule has 0 radical (unpaired) electrons. The van der Waals surface area contributed by atoms with Gasteiger partial charge in [0.15, 0.2) is 0 Å². The summed E-state index contributed by atoms with van der Waals surface area (Å²) in [6, 6.07) is 13.3. The third-order valence-corrected chi connectivity index (χ3v) is 3.87. The molecule has 0 N–H and O–H groups in total. The zero-order chi connectivity index (χ0) is 17.6. The van der Waals surface area contributed by atoms with E-state index in [-0.39, 0.29) is 5.78 Å². The van der Waals surface area contributed by atoms with Crippen LogP contribution in [0.1, 0.15) is 34.5 Å². The zero-order valence-electron chi connectivity index (χ0n) is 14.3. The smallest absolute Gasteiger partial charge is 0.203 e. The lowest BCUT2D eigenvalue weighted by molar-refractivity contribution is 0.103. The molecule has 2 aromatic heterocycles. The van der Waals surface area contributed by atoms with Gasteiger partial charge in [-0.2, -0.15) is 5.10 Å². The minimum Gasteiger partial charge on any atom is -0.486 e. The normalized spacial score (nSPS) is 11.1. The van der Waals surface area contributed by atoms with Gasteiger partial charge < -0.3 is 9.15 Å². The van der Waals surface area contributed by atoms with Crippen molar-refractivity contribution in [2.45, 2.75) is 20.0 Å². The van der Waals surface area contributed by atoms with E-state index in [0.717, 1.165) is 12.2 Å². The molecule has 2 heterocycles. The van der Waals surface area contributed by atoms with Crippen LogP contribution in [-0.2, 0) is 20.1 Å². The van der Waals surface area contributed by atoms with Crippen LogP contribution in [0.4, 0.5) is 0 Å². The summed E-state index contributed by atoms with van der Waals surface area (Å²) >= 11 is 0. The van der Waals surface area contributed by atoms with Crippen molar-refractivity contribution in [3.63, 3.8) is 0 Å². The molecule has 1 aromatic carbocycles. The number of ether oxygens (including phenoxy) is 1. The van der Waals surface area contributed by atoms with E-state index in [1.54, 1.807) is 25.4 Å². The molecule has 3 aromatic rings. The van der Waals surface area contributed by atoms with Crippen molar-refractivity contribution in [3.05, 3.63) is 77.5 Å². The average Bonchev–Trinajstić information content (AvgIpc) is 3.27. The van der Waals surface area contributed by atoms with Gasteiger partial charge in [0.2, 0.25) is 5.78 Å². The number of hydrogen-bond acceptors (Lipinski definition) is 4. The molecular formula is C20H20N2O3. The summed E-state index contributed by atoms with van der Waals surface area (Å²) < 4.78 is 12.9. The van der Waals surface area contributed by atoms with Crippen LogP contribution < -0.4 is 4.74 Å². The maximum atomic E-state index is 12.1. The van der Waals surface area contributed by atoms with E-state index in [0.29, 0.717) is 23.8 Å². The summed E-state index contributed by atoms with van der Waals surface area (Å²) in [6.07, 6.45) is 5.72. The number of carbonyl (C=O) groups excluding carboxylic acids is 1. The Bertz CT molecular complexity index is 872. The molecule has 5 heteroatoms. The molecule has 0 aliphatic rings. The van der Waals surface area contributed by atoms with Gasteiger partial charge in [-0.05, 0) is 54.5 Å². The number of aromatic nitrogens is 2. The van der Waals surface area contributed by atoms with Crippen molar-refractivity contribution >= 4 is 11.9 Å². The Morgan fingerprint density at radius 3 is 2.68 bits per heavy atom. The quantitative estimate of drug-likeness (QED) is 0.482. The molecule has 0 amide bonds. The second-order valence-electron chi connectivity index (χ2n) is 5.63. The second-order valence-corrected chi connectivity index (χ2v) is 5.63. The molecule has 0 fully saturated rings. The van der Waals surface area contributed by atoms with Crippen LogP contribution in [-0.4, -0.2) is 15.6 Å². The number of benzene rings is 1. The van der Waals surface area contributed by atoms with Crippen LogP contribution in [0.25, 0.3) is 6.08 Å². The van der Waals surface area contributed by atoms with Gasteiger partial charge in [-0.3, -0.25) is 9.48 Å². The summed E-state index contributed by atoms with van der Waals surface area (Å²) in [6.45, 7) is 2.46. The lowest BCUT2D eigenvalue weighted by atomic mass is 10.2. The molecular weight excluding hydrogens is 316 g/mol. The third kappa shape index (κ3) is 4.26. The number of aryl methyl sites for hydroxylation is 2. The molecule has 0 aliphatic carbocycles. The number of ketones is 1. The highest BCUT2D eigenvalue weighted by molar-refractivity contribution is 6.05. The molecule has 0 atom stereocenters. The maximum absolute atomic E-state index is 12.1. The first-order valence-corrected chi connectivity index (χ1v) is 8.16. The topological polar surface area (TPSA) is 57.3 Å². The third-order valence-electron chi connectivity index (χ3n) is 3.87. The van der Waals surface area contributed by atoms with Gasteiger partial charge in [-0.1, -0.05) is 19.1 Å². The van der Waals surface area contributed by atoms with Crippen LogP contribution in [0.5, 0.6) is 5.75 Å². The van der Waals surface area contributed by atoms with Gasteiger partial charge >= 0.3 is 0 Å². The minimum atomic E-state index is -0.120. The van der Waals surface area contributed by atoms with E-state index in [1.807, 2.05) is 24.3 Å². The fourth-order valence-corrected chi connectivity index (χ4v) is 2.40. The number of rotatable bonds is 7. The summed E-state index contributed by atoms with van der Waals surface area (Å²) in [5.41, 5.74) is 1.80. The van der Waals surface area contributed by atoms with Gasteiger partial charge in [0.1, 0.15) is 29.6 Å². The van der Waals surface area contributed by atoms with E-state index >= 15 is 0 Å². The number of furan rings is 1. The highest BCUT2D eigenvalue weighted by Gasteiger charge is 2.07. The Balaban J connectivity index is 1.57. The van der Waals surface area contributed by atoms with E-state index in [9.17, 15) is 4.79 Å². The van der Waals surface area contributed by atoms with Crippen molar-refractivity contribution in [2.24, 2.45) is 7.05 Å². The molecule has 3 rings (SSSR count). The number of nitrogens with zero attached hydrogens (tertiary/aromatic N) is 2. The van der Waals surface area contributed by atoms with Crippen LogP contribution in [0.2, 0.25) is 0 Å². The molecule has 0 aliphatic heterocycles. The molecule has 0 saturated carbocycles. The Labute approximate surface area is 146 Å². The predicted molar refractivity (Wildman–Crippen MR) is 95.4 cm³/mol. The van der Waals surface area contributed by atoms with Crippen LogP contribution >= 0.6 is 0 Å². The first kappa shape index (κ1) is 16.8. The van der Waals surface area contributed by atoms with Crippen LogP contribution in [0.15, 0.2) is 59.2 Å². The molecule has 0 saturated heterocycles. The summed E-state index contributed by atoms with van der Waals surface area (Å²) in [4.78, 5) is 12.1. The Morgan fingerprint density at radius 1 is 1.20 bits per heavy atom. The predicted octanol–water partition coefficient (Wildman–Crippen LogP) is 4.05. The van der Waals surface area contributed by atoms with Gasteiger partial charge in [-0.25, -0.2) is 0 Å². The standard InChI is InChI=1S/C20H20N2O3/c1-3-15-4-6-16(7-5-15)24-14-18-9-8-17(25-18)10-11-20(23)19-12-13-21-22(19)2/h4-13H,3,14H2,1-2H3/b11-10+. The summed E-state index contributed by atoms with van der Waals surface area (Å²) in [7, 11) is 1.73. The highest BCUT2D eigenvalue weighted by atomic mass is 16.5. The van der Waals surface area contributed by atoms with E-state index in [2.05, 4.69) is 24.2 Å². The van der Waals surface area contributed by atoms with Crippen LogP contribution in [0, 0.1) is 0 Å². The van der Waals surface area contributed by atoms with Gasteiger partial charge in [-0.15, -0.1) is 0 Å². The molecule has 5 nitrogen and oxygen atoms in total. The first-order chi connectivity index (χ1) is 12.2. The van der Waals surface area contributed by atoms with Crippen molar-refractivity contribution < 1.29 is 13.9 Å². The van der Waals surface area contributed by atoms with E-state index in [4.69, 9.17) is 9.15 Å². The van der Waals surface area contributed by atoms with Crippen molar-refractivity contribution in [2.75, 3.05) is 0 Å². The fourth-order valence-electron chi connectivity index (χ4n) is 2.40. The Kier molecular flexibility index (Phi) is 5.14. The molecule has 0 unspecified atom stereocenters. The Morgan fingerprint density at radius 2 is 2.00 bits per heavy atom. The zero-order valence-corrected chi connectivity index (χ0v) is 14.3. The molecule has 0 bridgehead atoms. The second kappa shape index (κ2) is 7.66. The van der Waals surface area contributed by atoms with Crippen molar-refractivity contribution in [1.82, 2.24) is 9.78 Å². The number of hydrogen-bond donors (Lipinski definition) is 0. The van der Waals surface area contributed by atoms with Gasteiger partial charge in [0, 0.05) is 13.2 Å². The van der Waals surface area contributed by atoms with E-state index in [1.165, 1.54) is 16.3 Å².